The van der Waals surface area contributed by atoms with Gasteiger partial charge in [0.25, 0.3) is 0 Å². The molecule has 0 unspecified atom stereocenters. The summed E-state index contributed by atoms with van der Waals surface area (Å²) in [6, 6.07) is 2.03. The third-order valence-electron chi connectivity index (χ3n) is 1.62. The van der Waals surface area contributed by atoms with E-state index in [0.29, 0.717) is 22.6 Å². The Labute approximate surface area is 80.6 Å². The number of Topliss-reactive ketones (excluding diaryl/α,β-unsaturated/α-hetero) is 1. The monoisotopic (exact) mass is 195 g/mol. The molecule has 0 bridgehead atoms. The van der Waals surface area contributed by atoms with Gasteiger partial charge in [-0.05, 0) is 6.92 Å². The highest BCUT2D eigenvalue weighted by atomic mass is 32.1. The molecule has 0 aliphatic carbocycles. The Morgan fingerprint density at radius 2 is 2.46 bits per heavy atom. The quantitative estimate of drug-likeness (QED) is 0.693. The standard InChI is InChI=1S/C9H9NO2S/c1-6(11)9-8(4-12-2)7(3-10)5-13-9/h5H,4H2,1-2H3. The zero-order valence-corrected chi connectivity index (χ0v) is 8.27. The molecule has 1 rings (SSSR count). The number of carbonyl (C=O) groups is 1. The Hall–Kier alpha value is -1.18. The van der Waals surface area contributed by atoms with Crippen molar-refractivity contribution in [3.05, 3.63) is 21.4 Å². The summed E-state index contributed by atoms with van der Waals surface area (Å²) in [4.78, 5) is 11.7. The zero-order valence-electron chi connectivity index (χ0n) is 7.46. The SMILES string of the molecule is COCc1c(C#N)csc1C(C)=O. The van der Waals surface area contributed by atoms with E-state index in [1.54, 1.807) is 12.5 Å². The van der Waals surface area contributed by atoms with Crippen LogP contribution in [0.15, 0.2) is 5.38 Å². The summed E-state index contributed by atoms with van der Waals surface area (Å²) in [5.41, 5.74) is 1.25. The van der Waals surface area contributed by atoms with E-state index in [1.165, 1.54) is 18.3 Å². The Morgan fingerprint density at radius 3 is 2.92 bits per heavy atom. The lowest BCUT2D eigenvalue weighted by molar-refractivity contribution is 0.101. The molecule has 0 spiro atoms. The van der Waals surface area contributed by atoms with Gasteiger partial charge in [0, 0.05) is 18.1 Å². The van der Waals surface area contributed by atoms with Gasteiger partial charge in [0.2, 0.25) is 0 Å². The van der Waals surface area contributed by atoms with Crippen LogP contribution in [-0.2, 0) is 11.3 Å². The predicted octanol–water partition coefficient (Wildman–Crippen LogP) is 1.97. The van der Waals surface area contributed by atoms with Crippen LogP contribution in [0.25, 0.3) is 0 Å². The van der Waals surface area contributed by atoms with Gasteiger partial charge >= 0.3 is 0 Å². The van der Waals surface area contributed by atoms with Crippen molar-refractivity contribution in [3.63, 3.8) is 0 Å². The second kappa shape index (κ2) is 4.17. The number of methoxy groups -OCH3 is 1. The van der Waals surface area contributed by atoms with Crippen molar-refractivity contribution in [3.8, 4) is 6.07 Å². The lowest BCUT2D eigenvalue weighted by atomic mass is 10.1. The fourth-order valence-corrected chi connectivity index (χ4v) is 1.97. The number of ether oxygens (including phenoxy) is 1. The average Bonchev–Trinajstić information content (AvgIpc) is 2.48. The van der Waals surface area contributed by atoms with E-state index in [-0.39, 0.29) is 5.78 Å². The first-order chi connectivity index (χ1) is 6.20. The highest BCUT2D eigenvalue weighted by molar-refractivity contribution is 7.12. The summed E-state index contributed by atoms with van der Waals surface area (Å²) in [6.07, 6.45) is 0. The van der Waals surface area contributed by atoms with E-state index in [9.17, 15) is 4.79 Å². The van der Waals surface area contributed by atoms with E-state index < -0.39 is 0 Å². The highest BCUT2D eigenvalue weighted by Gasteiger charge is 2.14. The second-order valence-electron chi connectivity index (χ2n) is 2.56. The predicted molar refractivity (Wildman–Crippen MR) is 49.8 cm³/mol. The number of rotatable bonds is 3. The van der Waals surface area contributed by atoms with Crippen molar-refractivity contribution in [1.82, 2.24) is 0 Å². The van der Waals surface area contributed by atoms with Gasteiger partial charge in [-0.25, -0.2) is 0 Å². The molecule has 0 saturated carbocycles. The molecule has 0 amide bonds. The van der Waals surface area contributed by atoms with E-state index in [2.05, 4.69) is 0 Å². The minimum absolute atomic E-state index is 0.0152. The van der Waals surface area contributed by atoms with Gasteiger partial charge in [-0.3, -0.25) is 4.79 Å². The molecule has 0 radical (unpaired) electrons. The number of carbonyl (C=O) groups excluding carboxylic acids is 1. The topological polar surface area (TPSA) is 50.1 Å². The van der Waals surface area contributed by atoms with Crippen LogP contribution in [0, 0.1) is 11.3 Å². The molecule has 0 atom stereocenters. The smallest absolute Gasteiger partial charge is 0.170 e. The molecule has 68 valence electrons. The lowest BCUT2D eigenvalue weighted by Gasteiger charge is -1.99. The van der Waals surface area contributed by atoms with Crippen LogP contribution in [0.2, 0.25) is 0 Å². The second-order valence-corrected chi connectivity index (χ2v) is 3.44. The third kappa shape index (κ3) is 1.94. The lowest BCUT2D eigenvalue weighted by Crippen LogP contribution is -1.97. The van der Waals surface area contributed by atoms with E-state index in [4.69, 9.17) is 10.00 Å². The van der Waals surface area contributed by atoms with E-state index in [0.717, 1.165) is 0 Å². The summed E-state index contributed by atoms with van der Waals surface area (Å²) in [5, 5.41) is 10.4. The number of nitriles is 1. The summed E-state index contributed by atoms with van der Waals surface area (Å²) >= 11 is 1.30. The van der Waals surface area contributed by atoms with Crippen LogP contribution in [0.3, 0.4) is 0 Å². The summed E-state index contributed by atoms with van der Waals surface area (Å²) in [5.74, 6) is -0.0152. The normalized spacial score (nSPS) is 9.62. The molecule has 0 fully saturated rings. The minimum atomic E-state index is -0.0152. The first kappa shape index (κ1) is 9.90. The molecule has 1 heterocycles. The molecule has 0 aliphatic rings. The Balaban J connectivity index is 3.15. The van der Waals surface area contributed by atoms with Crippen LogP contribution in [0.4, 0.5) is 0 Å². The van der Waals surface area contributed by atoms with Crippen molar-refractivity contribution in [1.29, 1.82) is 5.26 Å². The molecular weight excluding hydrogens is 186 g/mol. The van der Waals surface area contributed by atoms with Gasteiger partial charge in [-0.2, -0.15) is 5.26 Å². The van der Waals surface area contributed by atoms with Crippen LogP contribution < -0.4 is 0 Å². The average molecular weight is 195 g/mol. The largest absolute Gasteiger partial charge is 0.380 e. The zero-order chi connectivity index (χ0) is 9.84. The van der Waals surface area contributed by atoms with Crippen LogP contribution in [0.5, 0.6) is 0 Å². The van der Waals surface area contributed by atoms with Gasteiger partial charge in [0.05, 0.1) is 17.0 Å². The highest BCUT2D eigenvalue weighted by Crippen LogP contribution is 2.23. The molecule has 4 heteroatoms. The van der Waals surface area contributed by atoms with Gasteiger partial charge in [-0.15, -0.1) is 11.3 Å². The van der Waals surface area contributed by atoms with Gasteiger partial charge in [-0.1, -0.05) is 0 Å². The van der Waals surface area contributed by atoms with E-state index >= 15 is 0 Å². The molecule has 0 saturated heterocycles. The number of thiophene rings is 1. The van der Waals surface area contributed by atoms with Crippen molar-refractivity contribution >= 4 is 17.1 Å². The Morgan fingerprint density at radius 1 is 1.77 bits per heavy atom. The fraction of sp³-hybridized carbons (Fsp3) is 0.333. The molecule has 0 aliphatic heterocycles. The first-order valence-corrected chi connectivity index (χ1v) is 4.59. The van der Waals surface area contributed by atoms with E-state index in [1.807, 2.05) is 6.07 Å². The maximum Gasteiger partial charge on any atom is 0.170 e. The van der Waals surface area contributed by atoms with Crippen LogP contribution >= 0.6 is 11.3 Å². The van der Waals surface area contributed by atoms with Crippen molar-refractivity contribution in [2.24, 2.45) is 0 Å². The Bertz CT molecular complexity index is 362. The van der Waals surface area contributed by atoms with Gasteiger partial charge in [0.15, 0.2) is 5.78 Å². The molecule has 13 heavy (non-hydrogen) atoms. The molecular formula is C9H9NO2S. The Kier molecular flexibility index (Phi) is 3.18. The first-order valence-electron chi connectivity index (χ1n) is 3.71. The van der Waals surface area contributed by atoms with Crippen molar-refractivity contribution in [2.75, 3.05) is 7.11 Å². The molecule has 0 N–H and O–H groups in total. The summed E-state index contributed by atoms with van der Waals surface area (Å²) < 4.78 is 4.92. The fourth-order valence-electron chi connectivity index (χ4n) is 1.06. The van der Waals surface area contributed by atoms with Crippen LogP contribution in [-0.4, -0.2) is 12.9 Å². The third-order valence-corrected chi connectivity index (χ3v) is 2.75. The number of ketones is 1. The van der Waals surface area contributed by atoms with Gasteiger partial charge < -0.3 is 4.74 Å². The number of hydrogen-bond donors (Lipinski definition) is 0. The van der Waals surface area contributed by atoms with Crippen molar-refractivity contribution in [2.45, 2.75) is 13.5 Å². The molecule has 0 aromatic carbocycles. The number of hydrogen-bond acceptors (Lipinski definition) is 4. The summed E-state index contributed by atoms with van der Waals surface area (Å²) in [7, 11) is 1.54. The minimum Gasteiger partial charge on any atom is -0.380 e. The van der Waals surface area contributed by atoms with Crippen molar-refractivity contribution < 1.29 is 9.53 Å². The van der Waals surface area contributed by atoms with Gasteiger partial charge in [0.1, 0.15) is 6.07 Å². The summed E-state index contributed by atoms with van der Waals surface area (Å²) in [6.45, 7) is 1.81. The maximum atomic E-state index is 11.1. The molecule has 3 nitrogen and oxygen atoms in total. The molecule has 1 aromatic heterocycles. The molecule has 1 aromatic rings. The maximum absolute atomic E-state index is 11.1. The van der Waals surface area contributed by atoms with Crippen LogP contribution in [0.1, 0.15) is 27.7 Å². The number of nitrogens with zero attached hydrogens (tertiary/aromatic N) is 1.